The molecular weight excluding hydrogens is 302 g/mol. The summed E-state index contributed by atoms with van der Waals surface area (Å²) >= 11 is 6.03. The number of hydrogen-bond donors (Lipinski definition) is 1. The summed E-state index contributed by atoms with van der Waals surface area (Å²) in [5.41, 5.74) is 6.38. The number of sulfonamides is 1. The van der Waals surface area contributed by atoms with Crippen molar-refractivity contribution in [1.82, 2.24) is 9.21 Å². The number of nitrogens with two attached hydrogens (primary N) is 1. The number of benzene rings is 1. The van der Waals surface area contributed by atoms with Crippen molar-refractivity contribution in [3.8, 4) is 0 Å². The van der Waals surface area contributed by atoms with Gasteiger partial charge in [-0.25, -0.2) is 8.42 Å². The number of carbonyl (C=O) groups is 1. The fourth-order valence-corrected chi connectivity index (χ4v) is 3.14. The molecule has 0 unspecified atom stereocenters. The zero-order chi connectivity index (χ0) is 14.9. The molecule has 20 heavy (non-hydrogen) atoms. The lowest BCUT2D eigenvalue weighted by atomic mass is 10.1. The third kappa shape index (κ3) is 3.05. The smallest absolute Gasteiger partial charge is 0.255 e. The molecule has 0 spiro atoms. The van der Waals surface area contributed by atoms with Gasteiger partial charge in [-0.05, 0) is 12.1 Å². The predicted molar refractivity (Wildman–Crippen MR) is 78.2 cm³/mol. The minimum absolute atomic E-state index is 0.226. The molecule has 1 aromatic carbocycles. The second-order valence-electron chi connectivity index (χ2n) is 4.66. The van der Waals surface area contributed by atoms with Gasteiger partial charge in [0.1, 0.15) is 0 Å². The van der Waals surface area contributed by atoms with Crippen LogP contribution >= 0.6 is 11.6 Å². The van der Waals surface area contributed by atoms with E-state index >= 15 is 0 Å². The maximum absolute atomic E-state index is 12.3. The first-order valence-corrected chi connectivity index (χ1v) is 8.31. The van der Waals surface area contributed by atoms with Gasteiger partial charge in [0, 0.05) is 26.2 Å². The molecule has 0 aromatic heterocycles. The molecule has 1 heterocycles. The predicted octanol–water partition coefficient (Wildman–Crippen LogP) is 0.640. The Morgan fingerprint density at radius 3 is 2.40 bits per heavy atom. The molecule has 1 saturated heterocycles. The summed E-state index contributed by atoms with van der Waals surface area (Å²) in [7, 11) is -3.21. The maximum Gasteiger partial charge on any atom is 0.255 e. The van der Waals surface area contributed by atoms with Crippen molar-refractivity contribution in [2.75, 3.05) is 38.2 Å². The molecule has 1 aliphatic heterocycles. The lowest BCUT2D eigenvalue weighted by molar-refractivity contribution is 0.0698. The van der Waals surface area contributed by atoms with Crippen molar-refractivity contribution in [3.05, 3.63) is 28.8 Å². The van der Waals surface area contributed by atoms with Crippen molar-refractivity contribution in [2.24, 2.45) is 0 Å². The van der Waals surface area contributed by atoms with Crippen LogP contribution in [0.25, 0.3) is 0 Å². The normalized spacial score (nSPS) is 17.2. The van der Waals surface area contributed by atoms with Crippen molar-refractivity contribution in [1.29, 1.82) is 0 Å². The summed E-state index contributed by atoms with van der Waals surface area (Å²) < 4.78 is 24.2. The van der Waals surface area contributed by atoms with E-state index in [4.69, 9.17) is 17.3 Å². The first-order chi connectivity index (χ1) is 9.30. The standard InChI is InChI=1S/C12H16ClN3O3S/c1-20(18,19)16-7-5-15(6-8-16)12(17)9-3-2-4-10(14)11(9)13/h2-4H,5-8,14H2,1H3. The van der Waals surface area contributed by atoms with E-state index in [0.717, 1.165) is 0 Å². The van der Waals surface area contributed by atoms with Gasteiger partial charge in [-0.2, -0.15) is 4.31 Å². The Balaban J connectivity index is 2.11. The van der Waals surface area contributed by atoms with Crippen LogP contribution in [0, 0.1) is 0 Å². The number of anilines is 1. The number of nitrogen functional groups attached to an aromatic ring is 1. The zero-order valence-electron chi connectivity index (χ0n) is 11.0. The van der Waals surface area contributed by atoms with E-state index in [1.165, 1.54) is 10.6 Å². The van der Waals surface area contributed by atoms with Crippen molar-refractivity contribution in [3.63, 3.8) is 0 Å². The SMILES string of the molecule is CS(=O)(=O)N1CCN(C(=O)c2cccc(N)c2Cl)CC1. The fraction of sp³-hybridized carbons (Fsp3) is 0.417. The Morgan fingerprint density at radius 2 is 1.85 bits per heavy atom. The molecule has 0 aliphatic carbocycles. The van der Waals surface area contributed by atoms with Gasteiger partial charge in [-0.3, -0.25) is 4.79 Å². The summed E-state index contributed by atoms with van der Waals surface area (Å²) in [5.74, 6) is -0.226. The van der Waals surface area contributed by atoms with Crippen LogP contribution < -0.4 is 5.73 Å². The van der Waals surface area contributed by atoms with Crippen LogP contribution in [-0.4, -0.2) is 56.0 Å². The minimum atomic E-state index is -3.21. The van der Waals surface area contributed by atoms with Gasteiger partial charge in [-0.15, -0.1) is 0 Å². The van der Waals surface area contributed by atoms with E-state index in [2.05, 4.69) is 0 Å². The van der Waals surface area contributed by atoms with E-state index in [9.17, 15) is 13.2 Å². The molecule has 8 heteroatoms. The number of piperazine rings is 1. The van der Waals surface area contributed by atoms with Crippen LogP contribution in [0.4, 0.5) is 5.69 Å². The van der Waals surface area contributed by atoms with Crippen LogP contribution in [0.2, 0.25) is 5.02 Å². The molecular formula is C12H16ClN3O3S. The van der Waals surface area contributed by atoms with Gasteiger partial charge in [0.25, 0.3) is 5.91 Å². The highest BCUT2D eigenvalue weighted by Crippen LogP contribution is 2.24. The van der Waals surface area contributed by atoms with Gasteiger partial charge >= 0.3 is 0 Å². The molecule has 2 rings (SSSR count). The van der Waals surface area contributed by atoms with Crippen LogP contribution in [0.3, 0.4) is 0 Å². The highest BCUT2D eigenvalue weighted by molar-refractivity contribution is 7.88. The summed E-state index contributed by atoms with van der Waals surface area (Å²) in [4.78, 5) is 13.9. The highest BCUT2D eigenvalue weighted by Gasteiger charge is 2.27. The number of halogens is 1. The third-order valence-electron chi connectivity index (χ3n) is 3.25. The molecule has 2 N–H and O–H groups in total. The number of hydrogen-bond acceptors (Lipinski definition) is 4. The second kappa shape index (κ2) is 5.59. The summed E-state index contributed by atoms with van der Waals surface area (Å²) in [6, 6.07) is 4.91. The maximum atomic E-state index is 12.3. The average molecular weight is 318 g/mol. The second-order valence-corrected chi connectivity index (χ2v) is 7.02. The van der Waals surface area contributed by atoms with Crippen LogP contribution in [0.5, 0.6) is 0 Å². The van der Waals surface area contributed by atoms with Crippen LogP contribution in [-0.2, 0) is 10.0 Å². The Bertz CT molecular complexity index is 625. The minimum Gasteiger partial charge on any atom is -0.398 e. The lowest BCUT2D eigenvalue weighted by Crippen LogP contribution is -2.50. The molecule has 0 radical (unpaired) electrons. The van der Waals surface area contributed by atoms with E-state index in [0.29, 0.717) is 37.4 Å². The van der Waals surface area contributed by atoms with Crippen LogP contribution in [0.15, 0.2) is 18.2 Å². The Hall–Kier alpha value is -1.31. The number of amides is 1. The average Bonchev–Trinajstić information content (AvgIpc) is 2.40. The van der Waals surface area contributed by atoms with Gasteiger partial charge in [-0.1, -0.05) is 17.7 Å². The molecule has 0 saturated carbocycles. The Morgan fingerprint density at radius 1 is 1.25 bits per heavy atom. The zero-order valence-corrected chi connectivity index (χ0v) is 12.6. The monoisotopic (exact) mass is 317 g/mol. The fourth-order valence-electron chi connectivity index (χ4n) is 2.11. The van der Waals surface area contributed by atoms with Crippen molar-refractivity contribution in [2.45, 2.75) is 0 Å². The Labute approximate surface area is 123 Å². The summed E-state index contributed by atoms with van der Waals surface area (Å²) in [5, 5.41) is 0.239. The molecule has 1 aromatic rings. The highest BCUT2D eigenvalue weighted by atomic mass is 35.5. The molecule has 1 aliphatic rings. The number of rotatable bonds is 2. The van der Waals surface area contributed by atoms with Crippen molar-refractivity contribution >= 4 is 33.2 Å². The molecule has 0 bridgehead atoms. The van der Waals surface area contributed by atoms with E-state index < -0.39 is 10.0 Å². The summed E-state index contributed by atoms with van der Waals surface area (Å²) in [6.07, 6.45) is 1.17. The first-order valence-electron chi connectivity index (χ1n) is 6.09. The van der Waals surface area contributed by atoms with Crippen molar-refractivity contribution < 1.29 is 13.2 Å². The molecule has 1 fully saturated rings. The van der Waals surface area contributed by atoms with Gasteiger partial charge < -0.3 is 10.6 Å². The van der Waals surface area contributed by atoms with E-state index in [1.54, 1.807) is 23.1 Å². The molecule has 0 atom stereocenters. The quantitative estimate of drug-likeness (QED) is 0.811. The largest absolute Gasteiger partial charge is 0.398 e. The first kappa shape index (κ1) is 15.1. The van der Waals surface area contributed by atoms with Crippen LogP contribution in [0.1, 0.15) is 10.4 Å². The van der Waals surface area contributed by atoms with Gasteiger partial charge in [0.05, 0.1) is 22.5 Å². The lowest BCUT2D eigenvalue weighted by Gasteiger charge is -2.33. The third-order valence-corrected chi connectivity index (χ3v) is 4.98. The number of carbonyl (C=O) groups excluding carboxylic acids is 1. The molecule has 1 amide bonds. The summed E-state index contributed by atoms with van der Waals surface area (Å²) in [6.45, 7) is 1.28. The number of nitrogens with zero attached hydrogens (tertiary/aromatic N) is 2. The molecule has 110 valence electrons. The molecule has 6 nitrogen and oxygen atoms in total. The van der Waals surface area contributed by atoms with Gasteiger partial charge in [0.2, 0.25) is 10.0 Å². The Kier molecular flexibility index (Phi) is 4.22. The van der Waals surface area contributed by atoms with E-state index in [-0.39, 0.29) is 10.9 Å². The van der Waals surface area contributed by atoms with Gasteiger partial charge in [0.15, 0.2) is 0 Å². The topological polar surface area (TPSA) is 83.7 Å². The van der Waals surface area contributed by atoms with E-state index in [1.807, 2.05) is 0 Å².